The molecule has 0 aromatic carbocycles. The van der Waals surface area contributed by atoms with Gasteiger partial charge in [-0.25, -0.2) is 14.2 Å². The summed E-state index contributed by atoms with van der Waals surface area (Å²) in [6.45, 7) is 1.90. The smallest absolute Gasteiger partial charge is 0.419 e. The zero-order chi connectivity index (χ0) is 13.2. The Morgan fingerprint density at radius 1 is 1.24 bits per heavy atom. The fourth-order valence-electron chi connectivity index (χ4n) is 1.13. The van der Waals surface area contributed by atoms with Gasteiger partial charge in [0.2, 0.25) is 0 Å². The summed E-state index contributed by atoms with van der Waals surface area (Å²) in [4.78, 5) is 23.3. The molecule has 0 radical (unpaired) electrons. The second-order valence-electron chi connectivity index (χ2n) is 2.79. The number of nitrogens with zero attached hydrogens (tertiary/aromatic N) is 1. The van der Waals surface area contributed by atoms with E-state index in [-0.39, 0.29) is 12.3 Å². The molecule has 1 rings (SSSR count). The van der Waals surface area contributed by atoms with Crippen molar-refractivity contribution in [2.45, 2.75) is 6.92 Å². The number of aromatic nitrogens is 1. The summed E-state index contributed by atoms with van der Waals surface area (Å²) in [6, 6.07) is 0. The third kappa shape index (κ3) is 2.74. The summed E-state index contributed by atoms with van der Waals surface area (Å²) in [5, 5.41) is 0. The van der Waals surface area contributed by atoms with Gasteiger partial charge in [-0.15, -0.1) is 0 Å². The molecule has 1 aromatic heterocycles. The van der Waals surface area contributed by atoms with Gasteiger partial charge in [-0.1, -0.05) is 0 Å². The van der Waals surface area contributed by atoms with E-state index in [0.29, 0.717) is 13.5 Å². The lowest BCUT2D eigenvalue weighted by Gasteiger charge is -2.07. The van der Waals surface area contributed by atoms with Gasteiger partial charge in [0, 0.05) is 0 Å². The molecule has 0 aliphatic rings. The number of rotatable bonds is 2. The normalized spacial score (nSPS) is 10.2. The molecule has 1 heterocycles. The zero-order valence-corrected chi connectivity index (χ0v) is 13.7. The van der Waals surface area contributed by atoms with Crippen LogP contribution in [0.3, 0.4) is 0 Å². The predicted octanol–water partition coefficient (Wildman–Crippen LogP) is 3.57. The monoisotopic (exact) mass is 431 g/mol. The van der Waals surface area contributed by atoms with Gasteiger partial charge in [0.1, 0.15) is 4.60 Å². The molecular formula is C9H8Br3NO4. The first-order valence-electron chi connectivity index (χ1n) is 4.46. The van der Waals surface area contributed by atoms with E-state index in [9.17, 15) is 9.59 Å². The summed E-state index contributed by atoms with van der Waals surface area (Å²) in [5.74, 6) is -0.615. The SMILES string of the molecule is CCOC(=O)c1c(Br)c(Br)c(Br)n1C(=O)OC. The minimum absolute atomic E-state index is 0.0671. The number of carbonyl (C=O) groups is 2. The van der Waals surface area contributed by atoms with Crippen LogP contribution in [0.1, 0.15) is 17.4 Å². The zero-order valence-electron chi connectivity index (χ0n) is 8.92. The lowest BCUT2D eigenvalue weighted by molar-refractivity contribution is 0.0511. The standard InChI is InChI=1S/C9H8Br3NO4/c1-3-17-8(14)6-4(10)5(11)7(12)13(6)9(15)16-2/h3H2,1-2H3. The average molecular weight is 434 g/mol. The van der Waals surface area contributed by atoms with Gasteiger partial charge in [-0.2, -0.15) is 0 Å². The van der Waals surface area contributed by atoms with Crippen LogP contribution in [-0.2, 0) is 9.47 Å². The van der Waals surface area contributed by atoms with E-state index < -0.39 is 12.1 Å². The van der Waals surface area contributed by atoms with Crippen molar-refractivity contribution in [3.63, 3.8) is 0 Å². The molecule has 0 bridgehead atoms. The molecule has 0 saturated carbocycles. The highest BCUT2D eigenvalue weighted by molar-refractivity contribution is 9.14. The van der Waals surface area contributed by atoms with Crippen molar-refractivity contribution in [3.8, 4) is 0 Å². The molecule has 5 nitrogen and oxygen atoms in total. The Morgan fingerprint density at radius 2 is 1.82 bits per heavy atom. The van der Waals surface area contributed by atoms with E-state index >= 15 is 0 Å². The topological polar surface area (TPSA) is 57.5 Å². The van der Waals surface area contributed by atoms with Gasteiger partial charge in [0.15, 0.2) is 5.69 Å². The number of ether oxygens (including phenoxy) is 2. The van der Waals surface area contributed by atoms with Crippen LogP contribution >= 0.6 is 47.8 Å². The molecule has 0 unspecified atom stereocenters. The summed E-state index contributed by atoms with van der Waals surface area (Å²) in [6.07, 6.45) is -0.689. The van der Waals surface area contributed by atoms with Crippen molar-refractivity contribution in [3.05, 3.63) is 19.2 Å². The summed E-state index contributed by atoms with van der Waals surface area (Å²) in [5.41, 5.74) is 0.0671. The Hall–Kier alpha value is -0.340. The number of carbonyl (C=O) groups excluding carboxylic acids is 2. The molecule has 0 aliphatic heterocycles. The number of methoxy groups -OCH3 is 1. The summed E-state index contributed by atoms with van der Waals surface area (Å²) in [7, 11) is 1.23. The fourth-order valence-corrected chi connectivity index (χ4v) is 2.81. The van der Waals surface area contributed by atoms with Crippen LogP contribution in [0.2, 0.25) is 0 Å². The molecule has 0 N–H and O–H groups in total. The van der Waals surface area contributed by atoms with Gasteiger partial charge >= 0.3 is 12.1 Å². The molecule has 17 heavy (non-hydrogen) atoms. The summed E-state index contributed by atoms with van der Waals surface area (Å²) < 4.78 is 11.9. The van der Waals surface area contributed by atoms with Gasteiger partial charge in [-0.05, 0) is 54.7 Å². The van der Waals surface area contributed by atoms with Crippen molar-refractivity contribution in [2.24, 2.45) is 0 Å². The Balaban J connectivity index is 3.41. The first-order chi connectivity index (χ1) is 7.95. The van der Waals surface area contributed by atoms with Gasteiger partial charge in [0.05, 0.1) is 22.7 Å². The van der Waals surface area contributed by atoms with E-state index in [2.05, 4.69) is 52.5 Å². The van der Waals surface area contributed by atoms with E-state index in [1.54, 1.807) is 6.92 Å². The van der Waals surface area contributed by atoms with Crippen molar-refractivity contribution in [2.75, 3.05) is 13.7 Å². The highest BCUT2D eigenvalue weighted by atomic mass is 79.9. The fraction of sp³-hybridized carbons (Fsp3) is 0.333. The Labute approximate surface area is 123 Å². The molecule has 0 atom stereocenters. The van der Waals surface area contributed by atoms with Crippen LogP contribution < -0.4 is 0 Å². The molecule has 0 spiro atoms. The molecular weight excluding hydrogens is 426 g/mol. The molecule has 0 fully saturated rings. The first kappa shape index (κ1) is 14.7. The van der Waals surface area contributed by atoms with Crippen LogP contribution in [0.25, 0.3) is 0 Å². The lowest BCUT2D eigenvalue weighted by atomic mass is 10.4. The van der Waals surface area contributed by atoms with Crippen LogP contribution in [0.4, 0.5) is 4.79 Å². The van der Waals surface area contributed by atoms with Gasteiger partial charge in [0.25, 0.3) is 0 Å². The largest absolute Gasteiger partial charge is 0.461 e. The Morgan fingerprint density at radius 3 is 2.29 bits per heavy atom. The third-order valence-electron chi connectivity index (χ3n) is 1.83. The average Bonchev–Trinajstić information content (AvgIpc) is 2.53. The molecule has 1 aromatic rings. The summed E-state index contributed by atoms with van der Waals surface area (Å²) >= 11 is 9.64. The van der Waals surface area contributed by atoms with Crippen LogP contribution in [0.15, 0.2) is 13.5 Å². The highest BCUT2D eigenvalue weighted by Crippen LogP contribution is 2.37. The maximum Gasteiger partial charge on any atom is 0.419 e. The maximum atomic E-state index is 11.7. The first-order valence-corrected chi connectivity index (χ1v) is 6.84. The Bertz CT molecular complexity index is 469. The quantitative estimate of drug-likeness (QED) is 0.669. The van der Waals surface area contributed by atoms with Crippen LogP contribution in [0.5, 0.6) is 0 Å². The number of hydrogen-bond donors (Lipinski definition) is 0. The number of hydrogen-bond acceptors (Lipinski definition) is 4. The van der Waals surface area contributed by atoms with Gasteiger partial charge < -0.3 is 9.47 Å². The highest BCUT2D eigenvalue weighted by Gasteiger charge is 2.28. The minimum atomic E-state index is -0.689. The van der Waals surface area contributed by atoms with E-state index in [4.69, 9.17) is 4.74 Å². The van der Waals surface area contributed by atoms with Crippen LogP contribution in [0, 0.1) is 0 Å². The number of esters is 1. The molecule has 0 saturated heterocycles. The second kappa shape index (κ2) is 6.01. The molecule has 8 heteroatoms. The maximum absolute atomic E-state index is 11.7. The predicted molar refractivity (Wildman–Crippen MR) is 71.3 cm³/mol. The molecule has 0 aliphatic carbocycles. The molecule has 0 amide bonds. The van der Waals surface area contributed by atoms with Crippen molar-refractivity contribution in [1.29, 1.82) is 0 Å². The Kier molecular flexibility index (Phi) is 5.21. The van der Waals surface area contributed by atoms with Crippen molar-refractivity contribution < 1.29 is 19.1 Å². The minimum Gasteiger partial charge on any atom is -0.461 e. The third-order valence-corrected chi connectivity index (χ3v) is 5.19. The van der Waals surface area contributed by atoms with Crippen molar-refractivity contribution >= 4 is 59.9 Å². The van der Waals surface area contributed by atoms with E-state index in [1.807, 2.05) is 0 Å². The second-order valence-corrected chi connectivity index (χ2v) is 5.13. The van der Waals surface area contributed by atoms with Crippen LogP contribution in [-0.4, -0.2) is 30.3 Å². The van der Waals surface area contributed by atoms with Gasteiger partial charge in [-0.3, -0.25) is 0 Å². The van der Waals surface area contributed by atoms with Crippen molar-refractivity contribution in [1.82, 2.24) is 4.57 Å². The molecule has 94 valence electrons. The lowest BCUT2D eigenvalue weighted by Crippen LogP contribution is -2.19. The van der Waals surface area contributed by atoms with E-state index in [1.165, 1.54) is 7.11 Å². The number of halogens is 3. The van der Waals surface area contributed by atoms with E-state index in [0.717, 1.165) is 4.57 Å².